The van der Waals surface area contributed by atoms with Gasteiger partial charge in [0.05, 0.1) is 13.7 Å². The van der Waals surface area contributed by atoms with E-state index in [2.05, 4.69) is 5.32 Å². The van der Waals surface area contributed by atoms with E-state index in [1.54, 1.807) is 37.5 Å². The molecular weight excluding hydrogens is 326 g/mol. The molecule has 0 aromatic heterocycles. The lowest BCUT2D eigenvalue weighted by atomic mass is 10.2. The van der Waals surface area contributed by atoms with Crippen LogP contribution in [0.4, 0.5) is 5.69 Å². The topological polar surface area (TPSA) is 47.6 Å². The van der Waals surface area contributed by atoms with E-state index in [4.69, 9.17) is 21.1 Å². The van der Waals surface area contributed by atoms with Gasteiger partial charge in [-0.05, 0) is 48.4 Å². The third-order valence-electron chi connectivity index (χ3n) is 3.17. The van der Waals surface area contributed by atoms with Gasteiger partial charge in [0.1, 0.15) is 0 Å². The summed E-state index contributed by atoms with van der Waals surface area (Å²) in [7, 11) is 1.59. The molecule has 2 aromatic rings. The highest BCUT2D eigenvalue weighted by Crippen LogP contribution is 2.28. The average molecular weight is 346 g/mol. The van der Waals surface area contributed by atoms with Gasteiger partial charge in [-0.1, -0.05) is 30.7 Å². The summed E-state index contributed by atoms with van der Waals surface area (Å²) in [4.78, 5) is 12.0. The highest BCUT2D eigenvalue weighted by Gasteiger charge is 2.05. The van der Waals surface area contributed by atoms with Gasteiger partial charge in [-0.25, -0.2) is 0 Å². The summed E-state index contributed by atoms with van der Waals surface area (Å²) in [5.41, 5.74) is 1.50. The van der Waals surface area contributed by atoms with Crippen molar-refractivity contribution in [2.45, 2.75) is 13.3 Å². The Morgan fingerprint density at radius 1 is 1.21 bits per heavy atom. The molecule has 0 saturated carbocycles. The summed E-state index contributed by atoms with van der Waals surface area (Å²) in [5, 5.41) is 3.33. The minimum absolute atomic E-state index is 0.234. The number of hydrogen-bond acceptors (Lipinski definition) is 3. The van der Waals surface area contributed by atoms with Crippen LogP contribution in [0.25, 0.3) is 6.08 Å². The first-order valence-electron chi connectivity index (χ1n) is 7.68. The fourth-order valence-corrected chi connectivity index (χ4v) is 2.23. The molecule has 2 rings (SSSR count). The predicted molar refractivity (Wildman–Crippen MR) is 97.9 cm³/mol. The van der Waals surface area contributed by atoms with Gasteiger partial charge in [-0.15, -0.1) is 0 Å². The van der Waals surface area contributed by atoms with Crippen molar-refractivity contribution in [2.24, 2.45) is 0 Å². The van der Waals surface area contributed by atoms with Crippen LogP contribution in [0.1, 0.15) is 18.9 Å². The minimum Gasteiger partial charge on any atom is -0.493 e. The molecule has 0 aliphatic rings. The molecule has 2 aromatic carbocycles. The van der Waals surface area contributed by atoms with E-state index < -0.39 is 0 Å². The maximum atomic E-state index is 12.0. The number of hydrogen-bond donors (Lipinski definition) is 1. The number of methoxy groups -OCH3 is 1. The maximum absolute atomic E-state index is 12.0. The molecule has 24 heavy (non-hydrogen) atoms. The minimum atomic E-state index is -0.234. The number of carbonyl (C=O) groups is 1. The van der Waals surface area contributed by atoms with E-state index in [9.17, 15) is 4.79 Å². The van der Waals surface area contributed by atoms with Crippen LogP contribution in [0.5, 0.6) is 11.5 Å². The lowest BCUT2D eigenvalue weighted by molar-refractivity contribution is -0.111. The van der Waals surface area contributed by atoms with Gasteiger partial charge in [0.15, 0.2) is 11.5 Å². The zero-order valence-corrected chi connectivity index (χ0v) is 14.5. The van der Waals surface area contributed by atoms with Gasteiger partial charge >= 0.3 is 0 Å². The van der Waals surface area contributed by atoms with Crippen molar-refractivity contribution in [3.8, 4) is 11.5 Å². The first-order valence-corrected chi connectivity index (χ1v) is 8.05. The van der Waals surface area contributed by atoms with Crippen molar-refractivity contribution in [3.63, 3.8) is 0 Å². The fraction of sp³-hybridized carbons (Fsp3) is 0.211. The monoisotopic (exact) mass is 345 g/mol. The first-order chi connectivity index (χ1) is 11.6. The van der Waals surface area contributed by atoms with Gasteiger partial charge in [-0.2, -0.15) is 0 Å². The molecule has 126 valence electrons. The molecule has 0 aliphatic carbocycles. The van der Waals surface area contributed by atoms with Crippen LogP contribution >= 0.6 is 11.6 Å². The SMILES string of the molecule is CCCOc1ccc(/C=C/C(=O)Nc2cccc(Cl)c2)cc1OC. The van der Waals surface area contributed by atoms with E-state index in [1.165, 1.54) is 6.08 Å². The third-order valence-corrected chi connectivity index (χ3v) is 3.40. The molecule has 1 N–H and O–H groups in total. The molecule has 4 nitrogen and oxygen atoms in total. The smallest absolute Gasteiger partial charge is 0.248 e. The largest absolute Gasteiger partial charge is 0.493 e. The van der Waals surface area contributed by atoms with Crippen molar-refractivity contribution in [2.75, 3.05) is 19.0 Å². The Kier molecular flexibility index (Phi) is 6.70. The van der Waals surface area contributed by atoms with Crippen molar-refractivity contribution in [1.82, 2.24) is 0 Å². The average Bonchev–Trinajstić information content (AvgIpc) is 2.58. The normalized spacial score (nSPS) is 10.6. The summed E-state index contributed by atoms with van der Waals surface area (Å²) < 4.78 is 10.9. The summed E-state index contributed by atoms with van der Waals surface area (Å²) in [6.07, 6.45) is 4.10. The molecular formula is C19H20ClNO3. The van der Waals surface area contributed by atoms with Crippen LogP contribution in [0, 0.1) is 0 Å². The number of halogens is 1. The van der Waals surface area contributed by atoms with Crippen molar-refractivity contribution in [1.29, 1.82) is 0 Å². The van der Waals surface area contributed by atoms with Gasteiger partial charge in [0.2, 0.25) is 5.91 Å². The van der Waals surface area contributed by atoms with Gasteiger partial charge in [-0.3, -0.25) is 4.79 Å². The maximum Gasteiger partial charge on any atom is 0.248 e. The van der Waals surface area contributed by atoms with Crippen LogP contribution in [0.2, 0.25) is 5.02 Å². The second kappa shape index (κ2) is 8.99. The Bertz CT molecular complexity index is 728. The Hall–Kier alpha value is -2.46. The lowest BCUT2D eigenvalue weighted by Crippen LogP contribution is -2.07. The molecule has 0 radical (unpaired) electrons. The van der Waals surface area contributed by atoms with Crippen LogP contribution in [-0.4, -0.2) is 19.6 Å². The number of anilines is 1. The first kappa shape index (κ1) is 17.9. The lowest BCUT2D eigenvalue weighted by Gasteiger charge is -2.10. The van der Waals surface area contributed by atoms with Gasteiger partial charge in [0.25, 0.3) is 0 Å². The Morgan fingerprint density at radius 3 is 2.75 bits per heavy atom. The summed E-state index contributed by atoms with van der Waals surface area (Å²) in [6, 6.07) is 12.5. The molecule has 0 atom stereocenters. The zero-order chi connectivity index (χ0) is 17.4. The highest BCUT2D eigenvalue weighted by atomic mass is 35.5. The number of rotatable bonds is 7. The Balaban J connectivity index is 2.03. The molecule has 0 aliphatic heterocycles. The second-order valence-electron chi connectivity index (χ2n) is 5.09. The Labute approximate surface area is 147 Å². The molecule has 0 fully saturated rings. The van der Waals surface area contributed by atoms with E-state index >= 15 is 0 Å². The standard InChI is InChI=1S/C19H20ClNO3/c1-3-11-24-17-9-7-14(12-18(17)23-2)8-10-19(22)21-16-6-4-5-15(20)13-16/h4-10,12-13H,3,11H2,1-2H3,(H,21,22)/b10-8+. The number of nitrogens with one attached hydrogen (secondary N) is 1. The van der Waals surface area contributed by atoms with Crippen LogP contribution in [0.15, 0.2) is 48.5 Å². The zero-order valence-electron chi connectivity index (χ0n) is 13.7. The molecule has 0 spiro atoms. The molecule has 5 heteroatoms. The molecule has 0 unspecified atom stereocenters. The van der Waals surface area contributed by atoms with Crippen molar-refractivity contribution in [3.05, 3.63) is 59.1 Å². The van der Waals surface area contributed by atoms with E-state index in [0.717, 1.165) is 12.0 Å². The molecule has 1 amide bonds. The van der Waals surface area contributed by atoms with E-state index in [0.29, 0.717) is 28.8 Å². The molecule has 0 heterocycles. The quantitative estimate of drug-likeness (QED) is 0.734. The number of amides is 1. The van der Waals surface area contributed by atoms with E-state index in [1.807, 2.05) is 25.1 Å². The van der Waals surface area contributed by atoms with Crippen LogP contribution < -0.4 is 14.8 Å². The fourth-order valence-electron chi connectivity index (χ4n) is 2.04. The van der Waals surface area contributed by atoms with Crippen molar-refractivity contribution < 1.29 is 14.3 Å². The summed E-state index contributed by atoms with van der Waals surface area (Å²) in [6.45, 7) is 2.68. The van der Waals surface area contributed by atoms with Crippen LogP contribution in [-0.2, 0) is 4.79 Å². The summed E-state index contributed by atoms with van der Waals surface area (Å²) >= 11 is 5.89. The van der Waals surface area contributed by atoms with Gasteiger partial charge in [0, 0.05) is 16.8 Å². The van der Waals surface area contributed by atoms with Crippen molar-refractivity contribution >= 4 is 29.3 Å². The highest BCUT2D eigenvalue weighted by molar-refractivity contribution is 6.30. The number of benzene rings is 2. The van der Waals surface area contributed by atoms with Crippen LogP contribution in [0.3, 0.4) is 0 Å². The molecule has 0 bridgehead atoms. The van der Waals surface area contributed by atoms with Gasteiger partial charge < -0.3 is 14.8 Å². The summed E-state index contributed by atoms with van der Waals surface area (Å²) in [5.74, 6) is 1.10. The second-order valence-corrected chi connectivity index (χ2v) is 5.53. The Morgan fingerprint density at radius 2 is 2.04 bits per heavy atom. The number of ether oxygens (including phenoxy) is 2. The molecule has 0 saturated heterocycles. The van der Waals surface area contributed by atoms with E-state index in [-0.39, 0.29) is 5.91 Å². The number of carbonyl (C=O) groups excluding carboxylic acids is 1. The predicted octanol–water partition coefficient (Wildman–Crippen LogP) is 4.79. The third kappa shape index (κ3) is 5.32.